The average Bonchev–Trinajstić information content (AvgIpc) is 3.43. The number of piperidine rings is 1. The first kappa shape index (κ1) is 27.8. The van der Waals surface area contributed by atoms with Crippen LogP contribution in [0.2, 0.25) is 10.0 Å². The molecule has 1 aromatic carbocycles. The number of aliphatic carboxylic acids is 1. The van der Waals surface area contributed by atoms with Crippen molar-refractivity contribution in [1.29, 1.82) is 0 Å². The Morgan fingerprint density at radius 1 is 1.10 bits per heavy atom. The molecule has 0 aliphatic carbocycles. The lowest BCUT2D eigenvalue weighted by molar-refractivity contribution is -0.146. The summed E-state index contributed by atoms with van der Waals surface area (Å²) in [6.45, 7) is 8.81. The van der Waals surface area contributed by atoms with Gasteiger partial charge in [0.2, 0.25) is 0 Å². The van der Waals surface area contributed by atoms with Crippen LogP contribution in [0.4, 0.5) is 10.6 Å². The van der Waals surface area contributed by atoms with Gasteiger partial charge in [0.05, 0.1) is 22.5 Å². The maximum absolute atomic E-state index is 12.9. The molecule has 39 heavy (non-hydrogen) atoms. The number of nitrogens with zero attached hydrogens (tertiary/aromatic N) is 3. The largest absolute Gasteiger partial charge is 0.485 e. The van der Waals surface area contributed by atoms with Crippen molar-refractivity contribution in [3.05, 3.63) is 51.6 Å². The molecule has 0 saturated carbocycles. The van der Waals surface area contributed by atoms with Crippen LogP contribution in [0.25, 0.3) is 0 Å². The zero-order valence-electron chi connectivity index (χ0n) is 22.7. The molecule has 3 saturated heterocycles. The van der Waals surface area contributed by atoms with Gasteiger partial charge in [0, 0.05) is 37.2 Å². The Kier molecular flexibility index (Phi) is 7.63. The van der Waals surface area contributed by atoms with Crippen molar-refractivity contribution in [2.45, 2.75) is 83.1 Å². The Hall–Kier alpha value is -2.71. The number of anilines is 1. The molecule has 0 unspecified atom stereocenters. The molecule has 5 atom stereocenters. The molecule has 1 N–H and O–H groups in total. The lowest BCUT2D eigenvalue weighted by Crippen LogP contribution is -2.54. The maximum Gasteiger partial charge on any atom is 0.410 e. The Morgan fingerprint density at radius 2 is 1.82 bits per heavy atom. The number of aromatic nitrogens is 1. The molecule has 5 rings (SSSR count). The SMILES string of the molecule is Cc1cc(Cl)c(O[C@@H]2CCN(c3ccc([C@H]4C[C@H]5CC[C@@H]([C@@H]4C(=O)O)N5C(=O)OC(C)(C)C)cn3)C2)c(Cl)c1. The van der Waals surface area contributed by atoms with Crippen LogP contribution in [0.5, 0.6) is 5.75 Å². The minimum absolute atomic E-state index is 0.0398. The number of carbonyl (C=O) groups excluding carboxylic acids is 1. The van der Waals surface area contributed by atoms with Crippen molar-refractivity contribution in [2.24, 2.45) is 5.92 Å². The van der Waals surface area contributed by atoms with E-state index in [0.717, 1.165) is 36.3 Å². The summed E-state index contributed by atoms with van der Waals surface area (Å²) in [5.74, 6) is -0.507. The molecule has 0 radical (unpaired) electrons. The zero-order chi connectivity index (χ0) is 28.1. The van der Waals surface area contributed by atoms with Crippen LogP contribution in [-0.4, -0.2) is 63.9 Å². The third-order valence-electron chi connectivity index (χ3n) is 7.90. The number of carboxylic acid groups (broad SMARTS) is 1. The highest BCUT2D eigenvalue weighted by Crippen LogP contribution is 2.47. The van der Waals surface area contributed by atoms with E-state index in [1.165, 1.54) is 0 Å². The summed E-state index contributed by atoms with van der Waals surface area (Å²) in [5.41, 5.74) is 1.23. The highest BCUT2D eigenvalue weighted by atomic mass is 35.5. The number of amides is 1. The van der Waals surface area contributed by atoms with E-state index in [1.54, 1.807) is 11.1 Å². The van der Waals surface area contributed by atoms with Gasteiger partial charge in [0.25, 0.3) is 0 Å². The van der Waals surface area contributed by atoms with Crippen molar-refractivity contribution in [2.75, 3.05) is 18.0 Å². The summed E-state index contributed by atoms with van der Waals surface area (Å²) in [7, 11) is 0. The van der Waals surface area contributed by atoms with Gasteiger partial charge < -0.3 is 24.4 Å². The van der Waals surface area contributed by atoms with Gasteiger partial charge in [-0.3, -0.25) is 4.79 Å². The number of carboxylic acids is 1. The third kappa shape index (κ3) is 5.78. The topological polar surface area (TPSA) is 92.2 Å². The monoisotopic (exact) mass is 575 g/mol. The Bertz CT molecular complexity index is 1230. The number of halogens is 2. The number of hydrogen-bond acceptors (Lipinski definition) is 6. The number of rotatable bonds is 5. The van der Waals surface area contributed by atoms with Gasteiger partial charge in [-0.25, -0.2) is 9.78 Å². The third-order valence-corrected chi connectivity index (χ3v) is 8.47. The van der Waals surface area contributed by atoms with Crippen molar-refractivity contribution >= 4 is 41.1 Å². The number of aryl methyl sites for hydroxylation is 1. The smallest absolute Gasteiger partial charge is 0.410 e. The predicted octanol–water partition coefficient (Wildman–Crippen LogP) is 6.31. The second kappa shape index (κ2) is 10.7. The lowest BCUT2D eigenvalue weighted by atomic mass is 9.76. The predicted molar refractivity (Wildman–Crippen MR) is 150 cm³/mol. The van der Waals surface area contributed by atoms with E-state index < -0.39 is 29.6 Å². The lowest BCUT2D eigenvalue weighted by Gasteiger charge is -2.43. The molecule has 8 nitrogen and oxygen atoms in total. The molecule has 3 aliphatic rings. The first-order chi connectivity index (χ1) is 18.4. The summed E-state index contributed by atoms with van der Waals surface area (Å²) >= 11 is 12.7. The number of hydrogen-bond donors (Lipinski definition) is 1. The minimum atomic E-state index is -0.893. The van der Waals surface area contributed by atoms with Crippen LogP contribution in [0.3, 0.4) is 0 Å². The summed E-state index contributed by atoms with van der Waals surface area (Å²) in [6, 6.07) is 7.17. The molecule has 3 fully saturated rings. The van der Waals surface area contributed by atoms with Gasteiger partial charge in [-0.15, -0.1) is 0 Å². The molecule has 10 heteroatoms. The molecular formula is C29H35Cl2N3O5. The normalized spacial score (nSPS) is 26.6. The van der Waals surface area contributed by atoms with Crippen molar-refractivity contribution in [1.82, 2.24) is 9.88 Å². The van der Waals surface area contributed by atoms with E-state index in [2.05, 4.69) is 4.90 Å². The Labute approximate surface area is 239 Å². The van der Waals surface area contributed by atoms with Crippen LogP contribution < -0.4 is 9.64 Å². The molecule has 0 spiro atoms. The summed E-state index contributed by atoms with van der Waals surface area (Å²) in [5, 5.41) is 11.2. The molecule has 1 amide bonds. The van der Waals surface area contributed by atoms with Crippen LogP contribution in [0, 0.1) is 12.8 Å². The van der Waals surface area contributed by atoms with E-state index >= 15 is 0 Å². The summed E-state index contributed by atoms with van der Waals surface area (Å²) < 4.78 is 11.8. The molecule has 210 valence electrons. The fourth-order valence-corrected chi connectivity index (χ4v) is 6.97. The molecule has 3 aliphatic heterocycles. The van der Waals surface area contributed by atoms with Crippen LogP contribution >= 0.6 is 23.2 Å². The highest BCUT2D eigenvalue weighted by Gasteiger charge is 2.53. The van der Waals surface area contributed by atoms with Crippen molar-refractivity contribution < 1.29 is 24.2 Å². The molecule has 2 aromatic rings. The van der Waals surface area contributed by atoms with Gasteiger partial charge in [0.1, 0.15) is 17.5 Å². The first-order valence-electron chi connectivity index (χ1n) is 13.5. The van der Waals surface area contributed by atoms with E-state index in [-0.39, 0.29) is 18.1 Å². The van der Waals surface area contributed by atoms with Gasteiger partial charge in [-0.2, -0.15) is 0 Å². The number of carbonyl (C=O) groups is 2. The average molecular weight is 577 g/mol. The second-order valence-corrected chi connectivity index (χ2v) is 12.7. The number of ether oxygens (including phenoxy) is 2. The van der Waals surface area contributed by atoms with Crippen LogP contribution in [0.1, 0.15) is 63.5 Å². The number of benzene rings is 1. The van der Waals surface area contributed by atoms with Crippen molar-refractivity contribution in [3.8, 4) is 5.75 Å². The fourth-order valence-electron chi connectivity index (χ4n) is 6.29. The summed E-state index contributed by atoms with van der Waals surface area (Å²) in [4.78, 5) is 33.9. The van der Waals surface area contributed by atoms with E-state index in [9.17, 15) is 14.7 Å². The number of fused-ring (bicyclic) bond motifs is 2. The van der Waals surface area contributed by atoms with Gasteiger partial charge in [-0.1, -0.05) is 29.3 Å². The molecule has 2 bridgehead atoms. The van der Waals surface area contributed by atoms with E-state index in [0.29, 0.717) is 35.2 Å². The van der Waals surface area contributed by atoms with Crippen LogP contribution in [-0.2, 0) is 9.53 Å². The molecule has 1 aromatic heterocycles. The minimum Gasteiger partial charge on any atom is -0.485 e. The van der Waals surface area contributed by atoms with E-state index in [1.807, 2.05) is 52.0 Å². The standard InChI is InChI=1S/C29H35Cl2N3O5/c1-16-11-21(30)26(22(31)12-16)38-19-9-10-33(15-19)24-8-5-17(14-32-24)20-13-18-6-7-23(25(20)27(35)36)34(18)28(37)39-29(2,3)4/h5,8,11-12,14,18-20,23,25H,6-7,9-10,13,15H2,1-4H3,(H,35,36)/t18-,19-,20-,23+,25-/m1/s1. The Morgan fingerprint density at radius 3 is 2.44 bits per heavy atom. The maximum atomic E-state index is 12.9. The quantitative estimate of drug-likeness (QED) is 0.446. The molecular weight excluding hydrogens is 541 g/mol. The molecule has 4 heterocycles. The van der Waals surface area contributed by atoms with E-state index in [4.69, 9.17) is 37.7 Å². The number of pyridine rings is 1. The summed E-state index contributed by atoms with van der Waals surface area (Å²) in [6.07, 6.45) is 4.11. The first-order valence-corrected chi connectivity index (χ1v) is 14.2. The zero-order valence-corrected chi connectivity index (χ0v) is 24.2. The van der Waals surface area contributed by atoms with Gasteiger partial charge >= 0.3 is 12.1 Å². The fraction of sp³-hybridized carbons (Fsp3) is 0.552. The van der Waals surface area contributed by atoms with Gasteiger partial charge in [-0.05, 0) is 76.3 Å². The Balaban J connectivity index is 1.27. The second-order valence-electron chi connectivity index (χ2n) is 11.9. The highest BCUT2D eigenvalue weighted by molar-refractivity contribution is 6.37. The van der Waals surface area contributed by atoms with Crippen molar-refractivity contribution in [3.63, 3.8) is 0 Å². The van der Waals surface area contributed by atoms with Crippen LogP contribution in [0.15, 0.2) is 30.5 Å². The van der Waals surface area contributed by atoms with Gasteiger partial charge in [0.15, 0.2) is 5.75 Å².